The Morgan fingerprint density at radius 1 is 1.21 bits per heavy atom. The zero-order chi connectivity index (χ0) is 17.6. The number of hydrogen-bond donors (Lipinski definition) is 2. The van der Waals surface area contributed by atoms with Gasteiger partial charge in [-0.3, -0.25) is 4.79 Å². The molecule has 0 saturated heterocycles. The molecule has 1 aromatic heterocycles. The third kappa shape index (κ3) is 5.15. The van der Waals surface area contributed by atoms with Gasteiger partial charge >= 0.3 is 6.18 Å². The van der Waals surface area contributed by atoms with Crippen LogP contribution in [0.4, 0.5) is 24.7 Å². The van der Waals surface area contributed by atoms with Gasteiger partial charge in [-0.05, 0) is 30.7 Å². The van der Waals surface area contributed by atoms with Crippen molar-refractivity contribution in [1.29, 1.82) is 0 Å². The van der Waals surface area contributed by atoms with Crippen molar-refractivity contribution in [1.82, 2.24) is 4.98 Å². The van der Waals surface area contributed by atoms with Crippen LogP contribution < -0.4 is 15.8 Å². The van der Waals surface area contributed by atoms with Crippen molar-refractivity contribution in [2.24, 2.45) is 0 Å². The molecule has 8 heteroatoms. The lowest BCUT2D eigenvalue weighted by molar-refractivity contribution is -0.137. The largest absolute Gasteiger partial charge is 0.491 e. The van der Waals surface area contributed by atoms with Gasteiger partial charge in [-0.2, -0.15) is 13.2 Å². The van der Waals surface area contributed by atoms with Crippen LogP contribution in [0.3, 0.4) is 0 Å². The van der Waals surface area contributed by atoms with Crippen LogP contribution >= 0.6 is 0 Å². The van der Waals surface area contributed by atoms with Crippen LogP contribution in [-0.2, 0) is 11.0 Å². The molecule has 1 heterocycles. The molecule has 2 aromatic rings. The molecule has 0 aliphatic carbocycles. The number of hydrogen-bond acceptors (Lipinski definition) is 4. The lowest BCUT2D eigenvalue weighted by atomic mass is 10.2. The van der Waals surface area contributed by atoms with Crippen molar-refractivity contribution >= 4 is 17.4 Å². The van der Waals surface area contributed by atoms with Crippen molar-refractivity contribution in [2.75, 3.05) is 17.7 Å². The number of para-hydroxylation sites is 2. The number of carbonyl (C=O) groups is 1. The van der Waals surface area contributed by atoms with Gasteiger partial charge in [0.1, 0.15) is 11.6 Å². The molecule has 1 aromatic carbocycles. The molecule has 0 spiro atoms. The highest BCUT2D eigenvalue weighted by molar-refractivity contribution is 5.89. The highest BCUT2D eigenvalue weighted by Crippen LogP contribution is 2.28. The minimum absolute atomic E-state index is 0.0706. The van der Waals surface area contributed by atoms with Gasteiger partial charge in [-0.15, -0.1) is 0 Å². The second kappa shape index (κ2) is 7.67. The standard InChI is InChI=1S/C16H16F3N3O2/c17-16(18,19)11-7-8-14(21-10-11)22-15(23)6-3-9-24-13-5-2-1-4-12(13)20/h1-2,4-5,7-8,10H,3,6,9,20H2,(H,21,22,23). The average molecular weight is 339 g/mol. The lowest BCUT2D eigenvalue weighted by Gasteiger charge is -2.09. The zero-order valence-corrected chi connectivity index (χ0v) is 12.6. The van der Waals surface area contributed by atoms with E-state index in [1.807, 2.05) is 0 Å². The topological polar surface area (TPSA) is 77.2 Å². The summed E-state index contributed by atoms with van der Waals surface area (Å²) in [6.07, 6.45) is -3.20. The number of halogens is 3. The van der Waals surface area contributed by atoms with E-state index in [1.54, 1.807) is 24.3 Å². The summed E-state index contributed by atoms with van der Waals surface area (Å²) in [6, 6.07) is 8.98. The number of carbonyl (C=O) groups excluding carboxylic acids is 1. The van der Waals surface area contributed by atoms with Crippen molar-refractivity contribution in [2.45, 2.75) is 19.0 Å². The van der Waals surface area contributed by atoms with Crippen LogP contribution in [0.5, 0.6) is 5.75 Å². The summed E-state index contributed by atoms with van der Waals surface area (Å²) in [5.74, 6) is 0.260. The van der Waals surface area contributed by atoms with Gasteiger partial charge in [0.05, 0.1) is 17.9 Å². The molecule has 3 N–H and O–H groups in total. The second-order valence-corrected chi connectivity index (χ2v) is 4.97. The first kappa shape index (κ1) is 17.6. The fourth-order valence-corrected chi connectivity index (χ4v) is 1.87. The first-order chi connectivity index (χ1) is 11.4. The highest BCUT2D eigenvalue weighted by atomic mass is 19.4. The number of alkyl halides is 3. The summed E-state index contributed by atoms with van der Waals surface area (Å²) in [4.78, 5) is 15.3. The van der Waals surface area contributed by atoms with E-state index < -0.39 is 11.7 Å². The third-order valence-corrected chi connectivity index (χ3v) is 3.08. The Morgan fingerprint density at radius 2 is 1.96 bits per heavy atom. The number of pyridine rings is 1. The Labute approximate surface area is 136 Å². The van der Waals surface area contributed by atoms with Crippen molar-refractivity contribution < 1.29 is 22.7 Å². The van der Waals surface area contributed by atoms with E-state index in [1.165, 1.54) is 0 Å². The third-order valence-electron chi connectivity index (χ3n) is 3.08. The van der Waals surface area contributed by atoms with Crippen molar-refractivity contribution in [3.63, 3.8) is 0 Å². The molecule has 24 heavy (non-hydrogen) atoms. The van der Waals surface area contributed by atoms with Crippen LogP contribution in [0.15, 0.2) is 42.6 Å². The van der Waals surface area contributed by atoms with Crippen LogP contribution in [-0.4, -0.2) is 17.5 Å². The molecule has 0 aliphatic rings. The quantitative estimate of drug-likeness (QED) is 0.624. The molecule has 0 saturated carbocycles. The molecule has 5 nitrogen and oxygen atoms in total. The number of nitrogens with one attached hydrogen (secondary N) is 1. The second-order valence-electron chi connectivity index (χ2n) is 4.97. The monoisotopic (exact) mass is 339 g/mol. The van der Waals surface area contributed by atoms with Gasteiger partial charge < -0.3 is 15.8 Å². The Hall–Kier alpha value is -2.77. The molecule has 0 unspecified atom stereocenters. The smallest absolute Gasteiger partial charge is 0.417 e. The summed E-state index contributed by atoms with van der Waals surface area (Å²) in [7, 11) is 0. The van der Waals surface area contributed by atoms with E-state index in [4.69, 9.17) is 10.5 Å². The number of aromatic nitrogens is 1. The Kier molecular flexibility index (Phi) is 5.62. The molecule has 128 valence electrons. The first-order valence-electron chi connectivity index (χ1n) is 7.16. The van der Waals surface area contributed by atoms with E-state index in [9.17, 15) is 18.0 Å². The van der Waals surface area contributed by atoms with Gasteiger partial charge in [0.25, 0.3) is 0 Å². The van der Waals surface area contributed by atoms with Crippen molar-refractivity contribution in [3.8, 4) is 5.75 Å². The van der Waals surface area contributed by atoms with Gasteiger partial charge in [0.2, 0.25) is 5.91 Å². The summed E-state index contributed by atoms with van der Waals surface area (Å²) in [6.45, 7) is 0.294. The Balaban J connectivity index is 1.74. The molecule has 0 aliphatic heterocycles. The number of benzene rings is 1. The molecular formula is C16H16F3N3O2. The van der Waals surface area contributed by atoms with Gasteiger partial charge in [0.15, 0.2) is 0 Å². The lowest BCUT2D eigenvalue weighted by Crippen LogP contribution is -2.14. The molecule has 0 fully saturated rings. The van der Waals surface area contributed by atoms with Crippen LogP contribution in [0.1, 0.15) is 18.4 Å². The maximum Gasteiger partial charge on any atom is 0.417 e. The zero-order valence-electron chi connectivity index (χ0n) is 12.6. The Morgan fingerprint density at radius 3 is 2.58 bits per heavy atom. The number of nitrogens with two attached hydrogens (primary N) is 1. The van der Waals surface area contributed by atoms with E-state index in [0.29, 0.717) is 30.7 Å². The number of rotatable bonds is 6. The number of nitrogens with zero attached hydrogens (tertiary/aromatic N) is 1. The van der Waals surface area contributed by atoms with Crippen molar-refractivity contribution in [3.05, 3.63) is 48.2 Å². The van der Waals surface area contributed by atoms with Gasteiger partial charge in [-0.1, -0.05) is 12.1 Å². The Bertz CT molecular complexity index is 688. The van der Waals surface area contributed by atoms with Gasteiger partial charge in [-0.25, -0.2) is 4.98 Å². The fourth-order valence-electron chi connectivity index (χ4n) is 1.87. The van der Waals surface area contributed by atoms with E-state index >= 15 is 0 Å². The molecule has 2 rings (SSSR count). The number of amides is 1. The molecule has 0 bridgehead atoms. The average Bonchev–Trinajstić information content (AvgIpc) is 2.53. The number of nitrogen functional groups attached to an aromatic ring is 1. The predicted molar refractivity (Wildman–Crippen MR) is 83.5 cm³/mol. The van der Waals surface area contributed by atoms with Gasteiger partial charge in [0, 0.05) is 12.6 Å². The summed E-state index contributed by atoms with van der Waals surface area (Å²) in [5.41, 5.74) is 5.36. The minimum Gasteiger partial charge on any atom is -0.491 e. The first-order valence-corrected chi connectivity index (χ1v) is 7.16. The summed E-state index contributed by atoms with van der Waals surface area (Å²) in [5, 5.41) is 2.43. The molecule has 0 radical (unpaired) electrons. The minimum atomic E-state index is -4.45. The van der Waals surface area contributed by atoms with E-state index in [-0.39, 0.29) is 18.1 Å². The maximum atomic E-state index is 12.4. The SMILES string of the molecule is Nc1ccccc1OCCCC(=O)Nc1ccc(C(F)(F)F)cn1. The normalized spacial score (nSPS) is 11.1. The molecular weight excluding hydrogens is 323 g/mol. The number of anilines is 2. The summed E-state index contributed by atoms with van der Waals surface area (Å²) >= 11 is 0. The highest BCUT2D eigenvalue weighted by Gasteiger charge is 2.30. The maximum absolute atomic E-state index is 12.4. The number of ether oxygens (including phenoxy) is 1. The fraction of sp³-hybridized carbons (Fsp3) is 0.250. The van der Waals surface area contributed by atoms with E-state index in [2.05, 4.69) is 10.3 Å². The molecule has 1 amide bonds. The van der Waals surface area contributed by atoms with Crippen LogP contribution in [0.2, 0.25) is 0 Å². The predicted octanol–water partition coefficient (Wildman–Crippen LogP) is 3.48. The summed E-state index contributed by atoms with van der Waals surface area (Å²) < 4.78 is 42.7. The van der Waals surface area contributed by atoms with E-state index in [0.717, 1.165) is 12.1 Å². The van der Waals surface area contributed by atoms with Crippen LogP contribution in [0.25, 0.3) is 0 Å². The van der Waals surface area contributed by atoms with Crippen LogP contribution in [0, 0.1) is 0 Å². The molecule has 0 atom stereocenters.